The standard InChI is InChI=1S/C25H31NO5Si/c1-28-22-13-17(14-23(29-2)25(22)30-3)24(27)21(31-11-12-32(4,5)6)15-18-16-26-20-10-8-7-9-19(18)20/h7-10,13-16,26H,11-12H2,1-6H3/b21-15-. The highest BCUT2D eigenvalue weighted by molar-refractivity contribution is 6.76. The van der Waals surface area contributed by atoms with E-state index in [2.05, 4.69) is 24.6 Å². The average molecular weight is 454 g/mol. The lowest BCUT2D eigenvalue weighted by Crippen LogP contribution is -2.22. The van der Waals surface area contributed by atoms with Crippen molar-refractivity contribution in [2.45, 2.75) is 25.7 Å². The van der Waals surface area contributed by atoms with Crippen molar-refractivity contribution in [1.82, 2.24) is 4.98 Å². The number of carbonyl (C=O) groups is 1. The van der Waals surface area contributed by atoms with Gasteiger partial charge in [0.1, 0.15) is 0 Å². The molecule has 0 radical (unpaired) electrons. The second-order valence-electron chi connectivity index (χ2n) is 8.70. The van der Waals surface area contributed by atoms with E-state index in [4.69, 9.17) is 18.9 Å². The van der Waals surface area contributed by atoms with Crippen LogP contribution in [-0.2, 0) is 4.74 Å². The lowest BCUT2D eigenvalue weighted by atomic mass is 10.1. The van der Waals surface area contributed by atoms with Crippen molar-refractivity contribution in [3.63, 3.8) is 0 Å². The van der Waals surface area contributed by atoms with Gasteiger partial charge in [-0.15, -0.1) is 0 Å². The van der Waals surface area contributed by atoms with Crippen molar-refractivity contribution in [3.05, 3.63) is 59.5 Å². The van der Waals surface area contributed by atoms with E-state index in [1.165, 1.54) is 21.3 Å². The number of H-pyrrole nitrogens is 1. The zero-order valence-corrected chi connectivity index (χ0v) is 20.6. The molecule has 0 unspecified atom stereocenters. The summed E-state index contributed by atoms with van der Waals surface area (Å²) in [5, 5.41) is 1.02. The van der Waals surface area contributed by atoms with Gasteiger partial charge in [0, 0.05) is 36.3 Å². The second kappa shape index (κ2) is 9.95. The van der Waals surface area contributed by atoms with Crippen molar-refractivity contribution in [2.75, 3.05) is 27.9 Å². The maximum Gasteiger partial charge on any atom is 0.227 e. The first kappa shape index (κ1) is 23.5. The summed E-state index contributed by atoms with van der Waals surface area (Å²) in [5.74, 6) is 1.31. The topological polar surface area (TPSA) is 69.8 Å². The molecule has 2 aromatic carbocycles. The molecule has 0 aliphatic carbocycles. The van der Waals surface area contributed by atoms with Crippen molar-refractivity contribution in [1.29, 1.82) is 0 Å². The number of allylic oxidation sites excluding steroid dienone is 1. The molecule has 1 aromatic heterocycles. The first-order chi connectivity index (χ1) is 15.3. The Morgan fingerprint density at radius 1 is 1.00 bits per heavy atom. The predicted octanol–water partition coefficient (Wildman–Crippen LogP) is 5.77. The number of aromatic nitrogens is 1. The van der Waals surface area contributed by atoms with E-state index in [0.29, 0.717) is 29.4 Å². The lowest BCUT2D eigenvalue weighted by molar-refractivity contribution is 0.0930. The Balaban J connectivity index is 2.04. The Kier molecular flexibility index (Phi) is 7.30. The minimum Gasteiger partial charge on any atom is -0.493 e. The van der Waals surface area contributed by atoms with Crippen LogP contribution in [0.4, 0.5) is 0 Å². The molecular formula is C25H31NO5Si. The molecule has 1 heterocycles. The number of aromatic amines is 1. The summed E-state index contributed by atoms with van der Waals surface area (Å²) in [6, 6.07) is 12.2. The van der Waals surface area contributed by atoms with E-state index >= 15 is 0 Å². The van der Waals surface area contributed by atoms with Gasteiger partial charge in [-0.2, -0.15) is 0 Å². The summed E-state index contributed by atoms with van der Waals surface area (Å²) in [5.41, 5.74) is 2.29. The summed E-state index contributed by atoms with van der Waals surface area (Å²) < 4.78 is 22.3. The number of para-hydroxylation sites is 1. The number of fused-ring (bicyclic) bond motifs is 1. The number of carbonyl (C=O) groups excluding carboxylic acids is 1. The maximum absolute atomic E-state index is 13.6. The monoisotopic (exact) mass is 453 g/mol. The lowest BCUT2D eigenvalue weighted by Gasteiger charge is -2.18. The van der Waals surface area contributed by atoms with Gasteiger partial charge in [0.25, 0.3) is 0 Å². The smallest absolute Gasteiger partial charge is 0.227 e. The Bertz CT molecular complexity index is 1100. The number of hydrogen-bond acceptors (Lipinski definition) is 5. The number of ether oxygens (including phenoxy) is 4. The van der Waals surface area contributed by atoms with E-state index in [0.717, 1.165) is 22.5 Å². The fraction of sp³-hybridized carbons (Fsp3) is 0.320. The number of ketones is 1. The van der Waals surface area contributed by atoms with Gasteiger partial charge in [0.05, 0.1) is 27.9 Å². The fourth-order valence-electron chi connectivity index (χ4n) is 3.35. The molecule has 170 valence electrons. The van der Waals surface area contributed by atoms with Gasteiger partial charge < -0.3 is 23.9 Å². The van der Waals surface area contributed by atoms with E-state index in [-0.39, 0.29) is 11.5 Å². The SMILES string of the molecule is COc1cc(C(=O)/C(=C/c2c[nH]c3ccccc23)OCC[Si](C)(C)C)cc(OC)c1OC. The Morgan fingerprint density at radius 2 is 1.66 bits per heavy atom. The first-order valence-corrected chi connectivity index (χ1v) is 14.2. The molecule has 0 aliphatic rings. The van der Waals surface area contributed by atoms with Gasteiger partial charge in [-0.3, -0.25) is 4.79 Å². The van der Waals surface area contributed by atoms with Gasteiger partial charge >= 0.3 is 0 Å². The van der Waals surface area contributed by atoms with Crippen molar-refractivity contribution in [3.8, 4) is 17.2 Å². The van der Waals surface area contributed by atoms with Gasteiger partial charge in [-0.1, -0.05) is 37.8 Å². The Labute approximate surface area is 190 Å². The van der Waals surface area contributed by atoms with E-state index < -0.39 is 8.07 Å². The summed E-state index contributed by atoms with van der Waals surface area (Å²) in [6.07, 6.45) is 3.68. The number of methoxy groups -OCH3 is 3. The normalized spacial score (nSPS) is 12.0. The Hall–Kier alpha value is -3.19. The minimum atomic E-state index is -1.33. The van der Waals surface area contributed by atoms with Gasteiger partial charge in [0.15, 0.2) is 17.3 Å². The summed E-state index contributed by atoms with van der Waals surface area (Å²) in [6.45, 7) is 7.32. The van der Waals surface area contributed by atoms with Crippen LogP contribution in [0.1, 0.15) is 15.9 Å². The summed E-state index contributed by atoms with van der Waals surface area (Å²) in [7, 11) is 3.26. The number of benzene rings is 2. The minimum absolute atomic E-state index is 0.245. The highest BCUT2D eigenvalue weighted by Crippen LogP contribution is 2.39. The molecule has 32 heavy (non-hydrogen) atoms. The molecule has 0 fully saturated rings. The molecule has 3 rings (SSSR count). The van der Waals surface area contributed by atoms with Crippen LogP contribution in [0.3, 0.4) is 0 Å². The molecule has 3 aromatic rings. The highest BCUT2D eigenvalue weighted by atomic mass is 28.3. The van der Waals surface area contributed by atoms with Gasteiger partial charge in [0.2, 0.25) is 11.5 Å². The average Bonchev–Trinajstić information content (AvgIpc) is 3.18. The van der Waals surface area contributed by atoms with Crippen molar-refractivity contribution < 1.29 is 23.7 Å². The van der Waals surface area contributed by atoms with Crippen LogP contribution >= 0.6 is 0 Å². The zero-order chi connectivity index (χ0) is 23.3. The van der Waals surface area contributed by atoms with E-state index in [1.807, 2.05) is 30.5 Å². The second-order valence-corrected chi connectivity index (χ2v) is 14.3. The largest absolute Gasteiger partial charge is 0.493 e. The fourth-order valence-corrected chi connectivity index (χ4v) is 4.06. The molecule has 0 saturated heterocycles. The third-order valence-electron chi connectivity index (χ3n) is 5.17. The molecule has 0 aliphatic heterocycles. The highest BCUT2D eigenvalue weighted by Gasteiger charge is 2.22. The molecule has 0 atom stereocenters. The molecule has 1 N–H and O–H groups in total. The molecule has 6 nitrogen and oxygen atoms in total. The first-order valence-electron chi connectivity index (χ1n) is 10.5. The molecule has 0 spiro atoms. The quantitative estimate of drug-likeness (QED) is 0.183. The third kappa shape index (κ3) is 5.34. The molecule has 0 saturated carbocycles. The van der Waals surface area contributed by atoms with Crippen molar-refractivity contribution in [2.24, 2.45) is 0 Å². The van der Waals surface area contributed by atoms with Crippen LogP contribution in [0, 0.1) is 0 Å². The molecule has 0 amide bonds. The predicted molar refractivity (Wildman–Crippen MR) is 131 cm³/mol. The van der Waals surface area contributed by atoms with E-state index in [1.54, 1.807) is 18.2 Å². The zero-order valence-electron chi connectivity index (χ0n) is 19.6. The third-order valence-corrected chi connectivity index (χ3v) is 6.87. The number of rotatable bonds is 10. The van der Waals surface area contributed by atoms with Crippen LogP contribution in [0.2, 0.25) is 25.7 Å². The van der Waals surface area contributed by atoms with Crippen LogP contribution in [0.25, 0.3) is 17.0 Å². The van der Waals surface area contributed by atoms with Crippen LogP contribution in [0.5, 0.6) is 17.2 Å². The number of Topliss-reactive ketones (excluding diaryl/α,β-unsaturated/α-hetero) is 1. The van der Waals surface area contributed by atoms with Crippen LogP contribution in [-0.4, -0.2) is 46.8 Å². The van der Waals surface area contributed by atoms with Gasteiger partial charge in [-0.25, -0.2) is 0 Å². The van der Waals surface area contributed by atoms with Crippen LogP contribution < -0.4 is 14.2 Å². The summed E-state index contributed by atoms with van der Waals surface area (Å²) in [4.78, 5) is 16.8. The summed E-state index contributed by atoms with van der Waals surface area (Å²) >= 11 is 0. The van der Waals surface area contributed by atoms with Crippen LogP contribution in [0.15, 0.2) is 48.4 Å². The van der Waals surface area contributed by atoms with Gasteiger partial charge in [-0.05, 0) is 30.3 Å². The maximum atomic E-state index is 13.6. The van der Waals surface area contributed by atoms with E-state index in [9.17, 15) is 4.79 Å². The number of hydrogen-bond donors (Lipinski definition) is 1. The molecule has 7 heteroatoms. The molecule has 0 bridgehead atoms. The Morgan fingerprint density at radius 3 is 2.25 bits per heavy atom. The molecular weight excluding hydrogens is 422 g/mol. The van der Waals surface area contributed by atoms with Crippen molar-refractivity contribution >= 4 is 30.8 Å². The number of nitrogens with one attached hydrogen (secondary N) is 1.